The van der Waals surface area contributed by atoms with Crippen molar-refractivity contribution in [2.24, 2.45) is 0 Å². The minimum Gasteiger partial charge on any atom is -0.494 e. The van der Waals surface area contributed by atoms with Gasteiger partial charge in [0.05, 0.1) is 17.3 Å². The molecular weight excluding hydrogens is 416 g/mol. The summed E-state index contributed by atoms with van der Waals surface area (Å²) in [7, 11) is -6.58. The van der Waals surface area contributed by atoms with Crippen LogP contribution >= 0.6 is 0 Å². The molecule has 0 heterocycles. The number of hydrogen-bond acceptors (Lipinski definition) is 6. The van der Waals surface area contributed by atoms with E-state index in [0.29, 0.717) is 30.2 Å². The van der Waals surface area contributed by atoms with Gasteiger partial charge in [-0.05, 0) is 61.9 Å². The molecule has 0 atom stereocenters. The summed E-state index contributed by atoms with van der Waals surface area (Å²) in [6, 6.07) is 12.5. The minimum absolute atomic E-state index is 0.0184. The van der Waals surface area contributed by atoms with Crippen LogP contribution in [0.25, 0.3) is 0 Å². The van der Waals surface area contributed by atoms with Crippen molar-refractivity contribution in [2.45, 2.75) is 24.7 Å². The number of ether oxygens (including phenoxy) is 1. The number of carbonyl (C=O) groups is 1. The lowest BCUT2D eigenvalue weighted by atomic mass is 10.2. The quantitative estimate of drug-likeness (QED) is 0.548. The van der Waals surface area contributed by atoms with E-state index in [1.165, 1.54) is 12.1 Å². The van der Waals surface area contributed by atoms with Crippen LogP contribution in [0.1, 0.15) is 19.8 Å². The summed E-state index contributed by atoms with van der Waals surface area (Å²) in [6.45, 7) is 1.86. The second-order valence-electron chi connectivity index (χ2n) is 6.33. The molecule has 10 heteroatoms. The second kappa shape index (κ2) is 9.75. The van der Waals surface area contributed by atoms with E-state index in [1.54, 1.807) is 43.3 Å². The van der Waals surface area contributed by atoms with E-state index in [4.69, 9.17) is 4.74 Å². The topological polar surface area (TPSA) is 119 Å². The van der Waals surface area contributed by atoms with Crippen LogP contribution in [-0.2, 0) is 24.7 Å². The van der Waals surface area contributed by atoms with Crippen LogP contribution in [0, 0.1) is 0 Å². The summed E-state index contributed by atoms with van der Waals surface area (Å²) < 4.78 is 53.8. The molecule has 0 unspecified atom stereocenters. The van der Waals surface area contributed by atoms with Gasteiger partial charge in [-0.3, -0.25) is 9.52 Å². The normalized spacial score (nSPS) is 11.7. The number of nitrogens with one attached hydrogen (secondary N) is 2. The summed E-state index contributed by atoms with van der Waals surface area (Å²) in [5.41, 5.74) is 0.992. The number of hydrogen-bond donors (Lipinski definition) is 2. The average molecular weight is 441 g/mol. The first-order valence-electron chi connectivity index (χ1n) is 8.92. The fourth-order valence-electron chi connectivity index (χ4n) is 2.30. The molecule has 8 nitrogen and oxygen atoms in total. The average Bonchev–Trinajstić information content (AvgIpc) is 2.66. The van der Waals surface area contributed by atoms with Crippen molar-refractivity contribution < 1.29 is 26.4 Å². The first-order valence-corrected chi connectivity index (χ1v) is 12.5. The Bertz CT molecular complexity index is 1030. The third-order valence-corrected chi connectivity index (χ3v) is 6.33. The van der Waals surface area contributed by atoms with E-state index in [1.807, 2.05) is 0 Å². The number of rotatable bonds is 10. The molecule has 0 aliphatic carbocycles. The smallest absolute Gasteiger partial charge is 0.232 e. The number of sulfone groups is 1. The summed E-state index contributed by atoms with van der Waals surface area (Å²) in [5.74, 6) is 0.320. The third-order valence-electron chi connectivity index (χ3n) is 3.89. The molecule has 0 aromatic heterocycles. The highest BCUT2D eigenvalue weighted by Crippen LogP contribution is 2.17. The standard InChI is InChI=1S/C19H24N2O6S2/c1-3-29(25,26)21-16-8-6-15(7-9-16)20-19(22)5-4-14-27-17-10-12-18(13-11-17)28(2,23)24/h6-13,21H,3-5,14H2,1-2H3,(H,20,22). The lowest BCUT2D eigenvalue weighted by molar-refractivity contribution is -0.116. The van der Waals surface area contributed by atoms with Gasteiger partial charge in [-0.1, -0.05) is 0 Å². The Morgan fingerprint density at radius 3 is 2.07 bits per heavy atom. The number of carbonyl (C=O) groups excluding carboxylic acids is 1. The highest BCUT2D eigenvalue weighted by molar-refractivity contribution is 7.92. The van der Waals surface area contributed by atoms with Gasteiger partial charge in [0.15, 0.2) is 9.84 Å². The maximum Gasteiger partial charge on any atom is 0.232 e. The SMILES string of the molecule is CCS(=O)(=O)Nc1ccc(NC(=O)CCCOc2ccc(S(C)(=O)=O)cc2)cc1. The lowest BCUT2D eigenvalue weighted by Crippen LogP contribution is -2.15. The lowest BCUT2D eigenvalue weighted by Gasteiger charge is -2.09. The van der Waals surface area contributed by atoms with Gasteiger partial charge < -0.3 is 10.1 Å². The number of sulfonamides is 1. The predicted molar refractivity (Wildman–Crippen MR) is 112 cm³/mol. The van der Waals surface area contributed by atoms with Gasteiger partial charge in [0.1, 0.15) is 5.75 Å². The zero-order chi connectivity index (χ0) is 21.5. The van der Waals surface area contributed by atoms with Crippen molar-refractivity contribution in [3.05, 3.63) is 48.5 Å². The van der Waals surface area contributed by atoms with Crippen molar-refractivity contribution in [3.63, 3.8) is 0 Å². The Labute approximate surface area is 171 Å². The molecule has 2 N–H and O–H groups in total. The Morgan fingerprint density at radius 2 is 1.52 bits per heavy atom. The molecule has 2 aromatic rings. The fraction of sp³-hybridized carbons (Fsp3) is 0.316. The number of benzene rings is 2. The van der Waals surface area contributed by atoms with E-state index in [-0.39, 0.29) is 23.0 Å². The van der Waals surface area contributed by atoms with Crippen molar-refractivity contribution in [3.8, 4) is 5.75 Å². The summed E-state index contributed by atoms with van der Waals surface area (Å²) in [4.78, 5) is 12.2. The van der Waals surface area contributed by atoms with Crippen molar-refractivity contribution in [2.75, 3.05) is 28.7 Å². The highest BCUT2D eigenvalue weighted by atomic mass is 32.2. The van der Waals surface area contributed by atoms with Crippen molar-refractivity contribution in [1.82, 2.24) is 0 Å². The van der Waals surface area contributed by atoms with Crippen LogP contribution in [0.15, 0.2) is 53.4 Å². The van der Waals surface area contributed by atoms with Crippen molar-refractivity contribution in [1.29, 1.82) is 0 Å². The van der Waals surface area contributed by atoms with E-state index in [2.05, 4.69) is 10.0 Å². The van der Waals surface area contributed by atoms with Crippen LogP contribution in [0.4, 0.5) is 11.4 Å². The van der Waals surface area contributed by atoms with E-state index in [9.17, 15) is 21.6 Å². The van der Waals surface area contributed by atoms with Crippen LogP contribution < -0.4 is 14.8 Å². The predicted octanol–water partition coefficient (Wildman–Crippen LogP) is 2.65. The van der Waals surface area contributed by atoms with Gasteiger partial charge in [0.2, 0.25) is 15.9 Å². The molecule has 0 radical (unpaired) electrons. The highest BCUT2D eigenvalue weighted by Gasteiger charge is 2.08. The zero-order valence-corrected chi connectivity index (χ0v) is 17.8. The number of anilines is 2. The van der Waals surface area contributed by atoms with Crippen LogP contribution in [0.3, 0.4) is 0 Å². The molecule has 2 aromatic carbocycles. The molecular formula is C19H24N2O6S2. The zero-order valence-electron chi connectivity index (χ0n) is 16.2. The molecule has 29 heavy (non-hydrogen) atoms. The Balaban J connectivity index is 1.74. The Kier molecular flexibility index (Phi) is 7.63. The van der Waals surface area contributed by atoms with Gasteiger partial charge >= 0.3 is 0 Å². The molecule has 0 saturated carbocycles. The summed E-state index contributed by atoms with van der Waals surface area (Å²) in [5, 5.41) is 2.73. The van der Waals surface area contributed by atoms with E-state index >= 15 is 0 Å². The second-order valence-corrected chi connectivity index (χ2v) is 10.4. The number of amides is 1. The molecule has 2 rings (SSSR count). The molecule has 1 amide bonds. The first kappa shape index (κ1) is 22.7. The molecule has 0 aliphatic heterocycles. The summed E-state index contributed by atoms with van der Waals surface area (Å²) in [6.07, 6.45) is 1.86. The maximum absolute atomic E-state index is 12.0. The fourth-order valence-corrected chi connectivity index (χ4v) is 3.57. The Hall–Kier alpha value is -2.59. The minimum atomic E-state index is -3.34. The van der Waals surface area contributed by atoms with E-state index < -0.39 is 19.9 Å². The molecule has 0 fully saturated rings. The maximum atomic E-state index is 12.0. The molecule has 0 bridgehead atoms. The van der Waals surface area contributed by atoms with Gasteiger partial charge in [-0.15, -0.1) is 0 Å². The van der Waals surface area contributed by atoms with Gasteiger partial charge in [0.25, 0.3) is 0 Å². The van der Waals surface area contributed by atoms with Gasteiger partial charge in [-0.2, -0.15) is 0 Å². The molecule has 0 aliphatic rings. The Morgan fingerprint density at radius 1 is 0.931 bits per heavy atom. The first-order chi connectivity index (χ1) is 13.6. The largest absolute Gasteiger partial charge is 0.494 e. The third kappa shape index (κ3) is 7.74. The van der Waals surface area contributed by atoms with Crippen LogP contribution in [0.2, 0.25) is 0 Å². The van der Waals surface area contributed by atoms with Crippen LogP contribution in [0.5, 0.6) is 5.75 Å². The van der Waals surface area contributed by atoms with E-state index in [0.717, 1.165) is 6.26 Å². The monoisotopic (exact) mass is 440 g/mol. The summed E-state index contributed by atoms with van der Waals surface area (Å²) >= 11 is 0. The van der Waals surface area contributed by atoms with Crippen LogP contribution in [-0.4, -0.2) is 41.4 Å². The molecule has 158 valence electrons. The van der Waals surface area contributed by atoms with Gasteiger partial charge in [0, 0.05) is 24.1 Å². The molecule has 0 saturated heterocycles. The molecule has 0 spiro atoms. The van der Waals surface area contributed by atoms with Crippen molar-refractivity contribution >= 4 is 37.1 Å². The van der Waals surface area contributed by atoms with Gasteiger partial charge in [-0.25, -0.2) is 16.8 Å².